The highest BCUT2D eigenvalue weighted by Crippen LogP contribution is 2.48. The van der Waals surface area contributed by atoms with Gasteiger partial charge in [-0.05, 0) is 67.9 Å². The van der Waals surface area contributed by atoms with E-state index in [0.717, 1.165) is 25.0 Å². The lowest BCUT2D eigenvalue weighted by Gasteiger charge is -2.31. The van der Waals surface area contributed by atoms with Crippen molar-refractivity contribution < 1.29 is 19.8 Å². The molecule has 2 aromatic heterocycles. The number of phenolic OH excluding ortho intramolecular Hbond substituents is 1. The Hall–Kier alpha value is -3.30. The molecule has 2 bridgehead atoms. The van der Waals surface area contributed by atoms with E-state index >= 15 is 0 Å². The number of amides is 2. The van der Waals surface area contributed by atoms with Crippen LogP contribution in [-0.2, 0) is 4.79 Å². The van der Waals surface area contributed by atoms with Gasteiger partial charge in [0.1, 0.15) is 15.6 Å². The number of pyridine rings is 1. The highest BCUT2D eigenvalue weighted by molar-refractivity contribution is 7.17. The maximum atomic E-state index is 13.2. The Kier molecular flexibility index (Phi) is 6.53. The van der Waals surface area contributed by atoms with Gasteiger partial charge < -0.3 is 20.8 Å². The van der Waals surface area contributed by atoms with Gasteiger partial charge in [0.25, 0.3) is 5.91 Å². The fourth-order valence-electron chi connectivity index (χ4n) is 5.46. The second-order valence-electron chi connectivity index (χ2n) is 9.36. The van der Waals surface area contributed by atoms with Gasteiger partial charge in [0.15, 0.2) is 0 Å². The predicted octanol–water partition coefficient (Wildman–Crippen LogP) is 3.21. The average Bonchev–Trinajstić information content (AvgIpc) is 3.58. The van der Waals surface area contributed by atoms with E-state index in [1.807, 2.05) is 25.1 Å². The summed E-state index contributed by atoms with van der Waals surface area (Å²) in [7, 11) is 0. The number of aliphatic hydroxyl groups is 1. The van der Waals surface area contributed by atoms with Gasteiger partial charge in [0, 0.05) is 18.8 Å². The molecule has 0 radical (unpaired) electrons. The molecule has 0 saturated heterocycles. The number of rotatable bonds is 7. The van der Waals surface area contributed by atoms with Gasteiger partial charge >= 0.3 is 0 Å². The van der Waals surface area contributed by atoms with Gasteiger partial charge in [-0.3, -0.25) is 14.6 Å². The molecule has 9 heteroatoms. The smallest absolute Gasteiger partial charge is 0.263 e. The summed E-state index contributed by atoms with van der Waals surface area (Å²) in [6.07, 6.45) is 3.64. The number of aromatic hydroxyl groups is 1. The van der Waals surface area contributed by atoms with E-state index < -0.39 is 6.10 Å². The number of benzene rings is 1. The van der Waals surface area contributed by atoms with Crippen molar-refractivity contribution in [3.05, 3.63) is 64.8 Å². The number of aromatic nitrogens is 2. The molecule has 2 amide bonds. The van der Waals surface area contributed by atoms with Gasteiger partial charge in [-0.1, -0.05) is 18.2 Å². The van der Waals surface area contributed by atoms with Crippen molar-refractivity contribution in [3.63, 3.8) is 0 Å². The van der Waals surface area contributed by atoms with Gasteiger partial charge in [0.2, 0.25) is 5.91 Å². The Morgan fingerprint density at radius 3 is 2.77 bits per heavy atom. The maximum Gasteiger partial charge on any atom is 0.263 e. The summed E-state index contributed by atoms with van der Waals surface area (Å²) in [5.41, 5.74) is 1.90. The van der Waals surface area contributed by atoms with E-state index in [-0.39, 0.29) is 47.9 Å². The number of fused-ring (bicyclic) bond motifs is 2. The number of hydrogen-bond acceptors (Lipinski definition) is 7. The molecule has 1 aromatic carbocycles. The summed E-state index contributed by atoms with van der Waals surface area (Å²) in [5, 5.41) is 26.8. The highest BCUT2D eigenvalue weighted by atomic mass is 32.1. The van der Waals surface area contributed by atoms with Crippen LogP contribution in [0.3, 0.4) is 0 Å². The zero-order valence-electron chi connectivity index (χ0n) is 19.3. The molecule has 0 aliphatic heterocycles. The Balaban J connectivity index is 1.26. The van der Waals surface area contributed by atoms with E-state index in [9.17, 15) is 19.8 Å². The fourth-order valence-corrected chi connectivity index (χ4v) is 6.41. The van der Waals surface area contributed by atoms with Crippen LogP contribution in [0.1, 0.15) is 46.3 Å². The minimum atomic E-state index is -0.928. The third-order valence-corrected chi connectivity index (χ3v) is 8.31. The molecule has 2 saturated carbocycles. The third kappa shape index (κ3) is 4.78. The van der Waals surface area contributed by atoms with Crippen LogP contribution in [0.2, 0.25) is 0 Å². The van der Waals surface area contributed by atoms with Crippen molar-refractivity contribution in [1.82, 2.24) is 20.6 Å². The number of carbonyl (C=O) groups is 2. The molecule has 3 aromatic rings. The van der Waals surface area contributed by atoms with Crippen molar-refractivity contribution in [1.29, 1.82) is 0 Å². The van der Waals surface area contributed by atoms with E-state index in [1.165, 1.54) is 23.5 Å². The van der Waals surface area contributed by atoms with Crippen LogP contribution >= 0.6 is 11.3 Å². The van der Waals surface area contributed by atoms with Crippen molar-refractivity contribution in [2.24, 2.45) is 17.8 Å². The lowest BCUT2D eigenvalue weighted by molar-refractivity contribution is -0.127. The first-order valence-corrected chi connectivity index (χ1v) is 12.7. The molecular weight excluding hydrogens is 464 g/mol. The third-order valence-electron chi connectivity index (χ3n) is 7.13. The van der Waals surface area contributed by atoms with Crippen LogP contribution in [0.15, 0.2) is 48.7 Å². The highest BCUT2D eigenvalue weighted by Gasteiger charge is 2.51. The van der Waals surface area contributed by atoms with E-state index in [1.54, 1.807) is 18.3 Å². The normalized spacial score (nSPS) is 23.7. The second-order valence-corrected chi connectivity index (χ2v) is 10.4. The number of hydrogen-bond donors (Lipinski definition) is 4. The van der Waals surface area contributed by atoms with Crippen molar-refractivity contribution >= 4 is 23.2 Å². The molecule has 2 fully saturated rings. The second kappa shape index (κ2) is 9.75. The number of aryl methyl sites for hydroxylation is 1. The van der Waals surface area contributed by atoms with Crippen LogP contribution in [0.5, 0.6) is 5.75 Å². The lowest BCUT2D eigenvalue weighted by atomic mass is 9.83. The monoisotopic (exact) mass is 492 g/mol. The summed E-state index contributed by atoms with van der Waals surface area (Å²) in [4.78, 5) is 35.8. The topological polar surface area (TPSA) is 124 Å². The number of nitrogens with zero attached hydrogens (tertiary/aromatic N) is 2. The minimum Gasteiger partial charge on any atom is -0.508 e. The Labute approximate surface area is 207 Å². The molecule has 35 heavy (non-hydrogen) atoms. The molecule has 1 unspecified atom stereocenters. The Morgan fingerprint density at radius 2 is 2.00 bits per heavy atom. The summed E-state index contributed by atoms with van der Waals surface area (Å²) in [5.74, 6) is -0.158. The minimum absolute atomic E-state index is 0.0399. The van der Waals surface area contributed by atoms with Crippen molar-refractivity contribution in [3.8, 4) is 16.5 Å². The van der Waals surface area contributed by atoms with Crippen LogP contribution in [0, 0.1) is 24.7 Å². The van der Waals surface area contributed by atoms with E-state index in [2.05, 4.69) is 20.6 Å². The van der Waals surface area contributed by atoms with Crippen molar-refractivity contribution in [2.75, 3.05) is 6.54 Å². The molecule has 2 heterocycles. The first-order valence-electron chi connectivity index (χ1n) is 11.8. The largest absolute Gasteiger partial charge is 0.508 e. The Morgan fingerprint density at radius 1 is 1.17 bits per heavy atom. The quantitative estimate of drug-likeness (QED) is 0.402. The summed E-state index contributed by atoms with van der Waals surface area (Å²) in [6.45, 7) is 1.85. The number of phenols is 1. The predicted molar refractivity (Wildman–Crippen MR) is 132 cm³/mol. The van der Waals surface area contributed by atoms with Crippen LogP contribution in [-0.4, -0.2) is 44.6 Å². The van der Waals surface area contributed by atoms with E-state index in [4.69, 9.17) is 0 Å². The standard InChI is InChI=1S/C26H28N4O4S/c1-14-23(35-26(29-14)19-7-2-3-10-27-19)25(34)30-22-17-9-8-16(11-17)21(22)24(33)28-13-20(32)15-5-4-6-18(31)12-15/h2-7,10,12,16-17,20-22,31-32H,8-9,11,13H2,1H3,(H,28,33)(H,30,34)/t16-,17+,20?,21+,22-/m0/s1. The first kappa shape index (κ1) is 23.4. The molecule has 182 valence electrons. The van der Waals surface area contributed by atoms with Gasteiger partial charge in [0.05, 0.1) is 23.4 Å². The van der Waals surface area contributed by atoms with Crippen LogP contribution in [0.25, 0.3) is 10.7 Å². The molecule has 8 nitrogen and oxygen atoms in total. The van der Waals surface area contributed by atoms with Crippen molar-refractivity contribution in [2.45, 2.75) is 38.3 Å². The zero-order valence-corrected chi connectivity index (χ0v) is 20.2. The molecule has 5 atom stereocenters. The maximum absolute atomic E-state index is 13.2. The molecule has 4 N–H and O–H groups in total. The van der Waals surface area contributed by atoms with Crippen LogP contribution < -0.4 is 10.6 Å². The molecule has 5 rings (SSSR count). The summed E-state index contributed by atoms with van der Waals surface area (Å²) in [6, 6.07) is 11.7. The van der Waals surface area contributed by atoms with Gasteiger partial charge in [-0.25, -0.2) is 4.98 Å². The molecule has 2 aliphatic rings. The number of thiazole rings is 1. The fraction of sp³-hybridized carbons (Fsp3) is 0.385. The van der Waals surface area contributed by atoms with Gasteiger partial charge in [-0.15, -0.1) is 11.3 Å². The van der Waals surface area contributed by atoms with Gasteiger partial charge in [-0.2, -0.15) is 0 Å². The summed E-state index contributed by atoms with van der Waals surface area (Å²) >= 11 is 1.31. The first-order chi connectivity index (χ1) is 16.9. The molecule has 2 aliphatic carbocycles. The van der Waals surface area contributed by atoms with E-state index in [0.29, 0.717) is 21.1 Å². The van der Waals surface area contributed by atoms with Crippen LogP contribution in [0.4, 0.5) is 0 Å². The number of nitrogens with one attached hydrogen (secondary N) is 2. The summed E-state index contributed by atoms with van der Waals surface area (Å²) < 4.78 is 0. The lowest BCUT2D eigenvalue weighted by Crippen LogP contribution is -2.50. The molecule has 0 spiro atoms. The number of carbonyl (C=O) groups excluding carboxylic acids is 2. The average molecular weight is 493 g/mol. The Bertz CT molecular complexity index is 1230. The zero-order chi connectivity index (χ0) is 24.5. The molecular formula is C26H28N4O4S. The SMILES string of the molecule is Cc1nc(-c2ccccn2)sc1C(=O)N[C@H]1[C@@H]2CC[C@@H](C2)[C@H]1C(=O)NCC(O)c1cccc(O)c1. The number of aliphatic hydroxyl groups excluding tert-OH is 1.